The lowest BCUT2D eigenvalue weighted by molar-refractivity contribution is 0.109. The Morgan fingerprint density at radius 1 is 0.310 bits per heavy atom. The normalized spacial score (nSPS) is 11.1. The quantitative estimate of drug-likeness (QED) is 0.183. The molecule has 2 saturated carbocycles. The van der Waals surface area contributed by atoms with E-state index in [1.165, 1.54) is 25.7 Å². The number of methoxy groups -OCH3 is 1. The van der Waals surface area contributed by atoms with Crippen molar-refractivity contribution in [2.75, 3.05) is 60.2 Å². The number of thioether (sulfide) groups is 1. The van der Waals surface area contributed by atoms with E-state index in [2.05, 4.69) is 350 Å². The monoisotopic (exact) mass is 2030 g/mol. The maximum Gasteiger partial charge on any atom is 0.231 e. The molecule has 0 unspecified atom stereocenters. The van der Waals surface area contributed by atoms with Crippen LogP contribution < -0.4 is 14.8 Å². The van der Waals surface area contributed by atoms with E-state index in [4.69, 9.17) is 18.6 Å². The van der Waals surface area contributed by atoms with Crippen molar-refractivity contribution in [3.8, 4) is 11.5 Å². The molecule has 10 heteroatoms. The summed E-state index contributed by atoms with van der Waals surface area (Å²) in [5.41, 5.74) is 1.96. The molecule has 0 amide bonds. The van der Waals surface area contributed by atoms with E-state index in [9.17, 15) is 0 Å². The van der Waals surface area contributed by atoms with Crippen LogP contribution in [0.15, 0.2) is 324 Å². The largest absolute Gasteiger partial charge is 0.464 e. The van der Waals surface area contributed by atoms with Crippen LogP contribution in [0, 0.1) is 93.7 Å². The Hall–Kier alpha value is -8.38. The Kier molecular flexibility index (Phi) is 159. The van der Waals surface area contributed by atoms with Crippen LogP contribution in [0.2, 0.25) is 0 Å². The van der Waals surface area contributed by atoms with Gasteiger partial charge in [-0.3, -0.25) is 15.0 Å². The zero-order chi connectivity index (χ0) is 115. The summed E-state index contributed by atoms with van der Waals surface area (Å²) in [5.74, 6) is 14.0. The number of ether oxygens (including phenoxy) is 4. The summed E-state index contributed by atoms with van der Waals surface area (Å²) in [6, 6.07) is 95.2. The number of nitrogens with zero attached hydrogens (tertiary/aromatic N) is 3. The maximum atomic E-state index is 5.12. The standard InChI is InChI=1S/C8H6O.C7H6O2.C6H12.6C6H6.C5H5N.2C5H12.C4H9NO.C4H10S.C4H8.11C4H10.C3H4N2.C2H6O.C2H6/c1-2-4-8-7(3-1)5-6-9-8;1-2-4-7-6(3-1)8-5-9-7;1-5(2)6-3-4-6;7*1-2-4-6-5-3-1;2*1-5(2,3)4;1-3-6-4-2-5-1;1-4(2)5-3;1-4-2-3-4;11*1-4(2)3;1-2-5-3-4-1;1-3-2;1-2/h1-6H;1-4H,5H2;5-6H,3-4H2,1-2H3;6*1-6H;1-5H;2*1-4H3;5H,1-4H2;4H,1-3H3;4H,2-3H2,1H3;11*4H,1-3H3;1-2H,3H2;1-2H3;1-2H3. The number of furan rings is 1. The summed E-state index contributed by atoms with van der Waals surface area (Å²) in [4.78, 5) is 11.3. The molecule has 1 N–H and O–H groups in total. The molecule has 10 aromatic rings. The Balaban J connectivity index is -0.000000103. The van der Waals surface area contributed by atoms with Gasteiger partial charge in [0, 0.05) is 57.5 Å². The van der Waals surface area contributed by atoms with Crippen LogP contribution in [0.25, 0.3) is 11.0 Å². The third kappa shape index (κ3) is 295. The molecule has 5 heterocycles. The second kappa shape index (κ2) is 138. The fourth-order valence-electron chi connectivity index (χ4n) is 6.05. The Labute approximate surface area is 911 Å². The van der Waals surface area contributed by atoms with Crippen LogP contribution in [0.3, 0.4) is 0 Å². The SMILES string of the molecule is C1=NCN=C1.C1COCCN1.CC.CC(C)(C)C.CC(C)(C)C.CC(C)C.CC(C)C.CC(C)C.CC(C)C.CC(C)C.CC(C)C.CC(C)C.CC(C)C.CC(C)C.CC(C)C.CC(C)C.CC(C)C1CC1.CC1CC1.COC.CSC(C)C.c1ccc2c(c1)OCO2.c1ccc2occc2c1.c1ccccc1.c1ccccc1.c1ccccc1.c1ccccc1.c1ccccc1.c1ccccc1.c1ccncc1. The topological polar surface area (TPSA) is 99.7 Å². The molecule has 5 aliphatic rings. The molecule has 9 nitrogen and oxygen atoms in total. The molecule has 1 saturated heterocycles. The Bertz CT molecular complexity index is 2980. The molecule has 3 aliphatic heterocycles. The van der Waals surface area contributed by atoms with Gasteiger partial charge in [-0.15, -0.1) is 0 Å². The lowest BCUT2D eigenvalue weighted by atomic mass is 10.0. The minimum Gasteiger partial charge on any atom is -0.464 e. The third-order valence-electron chi connectivity index (χ3n) is 11.4. The highest BCUT2D eigenvalue weighted by molar-refractivity contribution is 7.99. The van der Waals surface area contributed by atoms with Crippen molar-refractivity contribution in [2.24, 2.45) is 104 Å². The van der Waals surface area contributed by atoms with Gasteiger partial charge in [0.25, 0.3) is 0 Å². The first-order chi connectivity index (χ1) is 67.9. The predicted molar refractivity (Wildman–Crippen MR) is 672 cm³/mol. The molecule has 0 radical (unpaired) electrons. The number of benzene rings is 8. The van der Waals surface area contributed by atoms with Crippen molar-refractivity contribution in [1.29, 1.82) is 0 Å². The van der Waals surface area contributed by atoms with Crippen LogP contribution in [0.4, 0.5) is 0 Å². The smallest absolute Gasteiger partial charge is 0.231 e. The minimum atomic E-state index is 0.360. The minimum absolute atomic E-state index is 0.360. The van der Waals surface area contributed by atoms with Gasteiger partial charge in [0.2, 0.25) is 6.79 Å². The number of morpholine rings is 1. The molecule has 0 atom stereocenters. The van der Waals surface area contributed by atoms with E-state index in [0.29, 0.717) is 24.3 Å². The highest BCUT2D eigenvalue weighted by Gasteiger charge is 2.24. The van der Waals surface area contributed by atoms with Crippen molar-refractivity contribution in [1.82, 2.24) is 10.3 Å². The molecular weight excluding hydrogens is 1790 g/mol. The summed E-state index contributed by atoms with van der Waals surface area (Å²) >= 11 is 1.88. The Morgan fingerprint density at radius 3 is 0.621 bits per heavy atom. The van der Waals surface area contributed by atoms with E-state index in [0.717, 1.165) is 137 Å². The average molecular weight is 2030 g/mol. The van der Waals surface area contributed by atoms with Gasteiger partial charge in [-0.25, -0.2) is 0 Å². The lowest BCUT2D eigenvalue weighted by Gasteiger charge is -2.10. The van der Waals surface area contributed by atoms with Gasteiger partial charge in [-0.05, 0) is 154 Å². The van der Waals surface area contributed by atoms with Crippen molar-refractivity contribution < 1.29 is 23.4 Å². The number of hydrogen-bond donors (Lipinski definition) is 1. The van der Waals surface area contributed by atoms with Gasteiger partial charge in [0.05, 0.1) is 19.5 Å². The van der Waals surface area contributed by atoms with Gasteiger partial charge in [-0.1, -0.05) is 600 Å². The number of para-hydroxylation sites is 3. The van der Waals surface area contributed by atoms with Crippen molar-refractivity contribution in [2.45, 2.75) is 363 Å². The second-order valence-corrected chi connectivity index (χ2v) is 46.4. The Morgan fingerprint density at radius 2 is 0.503 bits per heavy atom. The first-order valence-electron chi connectivity index (χ1n) is 54.7. The summed E-state index contributed by atoms with van der Waals surface area (Å²) in [6.45, 7) is 109. The summed E-state index contributed by atoms with van der Waals surface area (Å²) in [5, 5.41) is 5.12. The van der Waals surface area contributed by atoms with E-state index < -0.39 is 0 Å². The van der Waals surface area contributed by atoms with Gasteiger partial charge in [0.15, 0.2) is 11.5 Å². The maximum absolute atomic E-state index is 5.12. The van der Waals surface area contributed by atoms with E-state index in [1.807, 2.05) is 317 Å². The lowest BCUT2D eigenvalue weighted by Crippen LogP contribution is -2.30. The first-order valence-corrected chi connectivity index (χ1v) is 56.0. The first kappa shape index (κ1) is 167. The van der Waals surface area contributed by atoms with Crippen LogP contribution in [-0.4, -0.2) is 82.9 Å². The number of pyridine rings is 1. The number of rotatable bonds is 2. The zero-order valence-electron chi connectivity index (χ0n) is 105. The van der Waals surface area contributed by atoms with Crippen molar-refractivity contribution >= 4 is 35.2 Å². The third-order valence-corrected chi connectivity index (χ3v) is 12.3. The molecule has 15 rings (SSSR count). The summed E-state index contributed by atoms with van der Waals surface area (Å²) in [7, 11) is 3.25. The number of fused-ring (bicyclic) bond motifs is 2. The highest BCUT2D eigenvalue weighted by atomic mass is 32.2. The average Bonchev–Trinajstić information content (AvgIpc) is 1.76. The van der Waals surface area contributed by atoms with E-state index in [-0.39, 0.29) is 0 Å². The molecule has 0 bridgehead atoms. The summed E-state index contributed by atoms with van der Waals surface area (Å²) < 4.78 is 24.5. The van der Waals surface area contributed by atoms with Crippen LogP contribution in [-0.2, 0) is 9.47 Å². The number of hydrogen-bond acceptors (Lipinski definition) is 10. The second-order valence-electron chi connectivity index (χ2n) is 44.9. The molecule has 145 heavy (non-hydrogen) atoms. The predicted octanol–water partition coefficient (Wildman–Crippen LogP) is 43.7. The van der Waals surface area contributed by atoms with Gasteiger partial charge in [0.1, 0.15) is 12.3 Å². The van der Waals surface area contributed by atoms with Gasteiger partial charge >= 0.3 is 0 Å². The van der Waals surface area contributed by atoms with E-state index >= 15 is 0 Å². The molecule has 3 fully saturated rings. The fraction of sp³-hybridized carbons (Fsp3) is 0.578. The number of aliphatic imine (C=N–C) groups is 2. The molecule has 838 valence electrons. The fourth-order valence-corrected chi connectivity index (χ4v) is 6.05. The number of aromatic nitrogens is 1. The highest BCUT2D eigenvalue weighted by Crippen LogP contribution is 2.36. The molecule has 0 spiro atoms. The molecule has 2 aromatic heterocycles. The van der Waals surface area contributed by atoms with E-state index in [1.54, 1.807) is 45.3 Å². The zero-order valence-corrected chi connectivity index (χ0v) is 105. The molecular formula is C135H242N4O5S. The molecule has 2 aliphatic carbocycles. The van der Waals surface area contributed by atoms with Gasteiger partial charge in [-0.2, -0.15) is 11.8 Å². The number of nitrogens with one attached hydrogen (secondary N) is 1. The van der Waals surface area contributed by atoms with Gasteiger partial charge < -0.3 is 28.7 Å². The van der Waals surface area contributed by atoms with Crippen LogP contribution >= 0.6 is 11.8 Å². The van der Waals surface area contributed by atoms with Crippen molar-refractivity contribution in [3.05, 3.63) is 310 Å². The molecule has 8 aromatic carbocycles. The summed E-state index contributed by atoms with van der Waals surface area (Å²) in [6.07, 6.45) is 16.7. The van der Waals surface area contributed by atoms with Crippen molar-refractivity contribution in [3.63, 3.8) is 0 Å². The van der Waals surface area contributed by atoms with Crippen LogP contribution in [0.5, 0.6) is 11.5 Å². The van der Waals surface area contributed by atoms with Crippen LogP contribution in [0.1, 0.15) is 358 Å².